The molecule has 0 unspecified atom stereocenters. The van der Waals surface area contributed by atoms with Crippen LogP contribution >= 0.6 is 0 Å². The van der Waals surface area contributed by atoms with Crippen LogP contribution in [-0.2, 0) is 10.2 Å². The Balaban J connectivity index is 2.27. The fourth-order valence-corrected chi connectivity index (χ4v) is 4.26. The van der Waals surface area contributed by atoms with Crippen LogP contribution in [0.4, 0.5) is 0 Å². The smallest absolute Gasteiger partial charge is 0.229 e. The Morgan fingerprint density at radius 1 is 1.33 bits per heavy atom. The van der Waals surface area contributed by atoms with E-state index < -0.39 is 5.41 Å². The van der Waals surface area contributed by atoms with E-state index in [4.69, 9.17) is 5.73 Å². The number of hydrogen-bond donors (Lipinski definition) is 1. The van der Waals surface area contributed by atoms with E-state index in [1.54, 1.807) is 6.20 Å². The maximum absolute atomic E-state index is 12.6. The summed E-state index contributed by atoms with van der Waals surface area (Å²) in [6, 6.07) is 6.94. The molecule has 1 aliphatic heterocycles. The Hall–Kier alpha value is -1.42. The van der Waals surface area contributed by atoms with Crippen molar-refractivity contribution in [1.82, 2.24) is 9.88 Å². The minimum absolute atomic E-state index is 0.243. The molecule has 3 atom stereocenters. The van der Waals surface area contributed by atoms with Crippen molar-refractivity contribution in [2.45, 2.75) is 77.3 Å². The topological polar surface area (TPSA) is 59.2 Å². The highest BCUT2D eigenvalue weighted by atomic mass is 16.1. The molecule has 1 fully saturated rings. The summed E-state index contributed by atoms with van der Waals surface area (Å²) in [6.07, 6.45) is 7.02. The predicted molar refractivity (Wildman–Crippen MR) is 98.7 cm³/mol. The maximum atomic E-state index is 12.6. The molecular weight excluding hydrogens is 298 g/mol. The van der Waals surface area contributed by atoms with Crippen molar-refractivity contribution < 1.29 is 4.79 Å². The van der Waals surface area contributed by atoms with Crippen LogP contribution in [-0.4, -0.2) is 34.4 Å². The number of aromatic nitrogens is 1. The van der Waals surface area contributed by atoms with Gasteiger partial charge in [-0.15, -0.1) is 0 Å². The summed E-state index contributed by atoms with van der Waals surface area (Å²) in [5.74, 6) is 0.142. The van der Waals surface area contributed by atoms with Crippen molar-refractivity contribution >= 4 is 5.91 Å². The van der Waals surface area contributed by atoms with Crippen molar-refractivity contribution in [1.29, 1.82) is 0 Å². The monoisotopic (exact) mass is 331 g/mol. The molecule has 2 heterocycles. The molecule has 0 radical (unpaired) electrons. The third-order valence-electron chi connectivity index (χ3n) is 5.56. The number of primary amides is 1. The molecule has 134 valence electrons. The molecule has 0 aromatic carbocycles. The zero-order valence-electron chi connectivity index (χ0n) is 15.7. The first-order valence-corrected chi connectivity index (χ1v) is 9.34. The minimum Gasteiger partial charge on any atom is -0.369 e. The molecule has 1 aromatic rings. The number of nitrogens with two attached hydrogens (primary N) is 1. The number of hydrogen-bond acceptors (Lipinski definition) is 3. The van der Waals surface area contributed by atoms with Gasteiger partial charge in [0.05, 0.1) is 11.1 Å². The fraction of sp³-hybridized carbons (Fsp3) is 0.700. The molecule has 4 nitrogen and oxygen atoms in total. The van der Waals surface area contributed by atoms with Gasteiger partial charge in [-0.05, 0) is 57.6 Å². The van der Waals surface area contributed by atoms with Crippen LogP contribution in [0.2, 0.25) is 0 Å². The highest BCUT2D eigenvalue weighted by molar-refractivity contribution is 5.86. The molecular formula is C20H33N3O. The second-order valence-electron chi connectivity index (χ2n) is 7.88. The first kappa shape index (κ1) is 18.9. The number of nitrogens with zero attached hydrogens (tertiary/aromatic N) is 2. The van der Waals surface area contributed by atoms with Crippen LogP contribution in [0.25, 0.3) is 0 Å². The zero-order chi connectivity index (χ0) is 17.7. The van der Waals surface area contributed by atoms with E-state index in [1.807, 2.05) is 18.2 Å². The van der Waals surface area contributed by atoms with E-state index >= 15 is 0 Å². The van der Waals surface area contributed by atoms with Gasteiger partial charge in [0.2, 0.25) is 5.91 Å². The van der Waals surface area contributed by atoms with E-state index in [1.165, 1.54) is 19.3 Å². The Kier molecular flexibility index (Phi) is 6.39. The molecule has 0 saturated carbocycles. The maximum Gasteiger partial charge on any atom is 0.229 e. The SMILES string of the molecule is CC(C)C[C@](CCN1[C@@H](C)CCC[C@@H]1C)(C(N)=O)c1ccccn1. The summed E-state index contributed by atoms with van der Waals surface area (Å²) >= 11 is 0. The van der Waals surface area contributed by atoms with Gasteiger partial charge in [-0.25, -0.2) is 0 Å². The standard InChI is InChI=1S/C20H33N3O/c1-15(2)14-20(19(21)24,18-10-5-6-12-22-18)11-13-23-16(3)8-7-9-17(23)4/h5-6,10,12,15-17H,7-9,11,13-14H2,1-4H3,(H2,21,24)/t16-,17-,20-/m0/s1. The lowest BCUT2D eigenvalue weighted by Gasteiger charge is -2.41. The van der Waals surface area contributed by atoms with Crippen LogP contribution in [0.3, 0.4) is 0 Å². The summed E-state index contributed by atoms with van der Waals surface area (Å²) in [6.45, 7) is 9.78. The lowest BCUT2D eigenvalue weighted by molar-refractivity contribution is -0.125. The lowest BCUT2D eigenvalue weighted by atomic mass is 9.73. The first-order valence-electron chi connectivity index (χ1n) is 9.34. The number of pyridine rings is 1. The summed E-state index contributed by atoms with van der Waals surface area (Å²) < 4.78 is 0. The quantitative estimate of drug-likeness (QED) is 0.832. The third-order valence-corrected chi connectivity index (χ3v) is 5.56. The fourth-order valence-electron chi connectivity index (χ4n) is 4.26. The van der Waals surface area contributed by atoms with Gasteiger partial charge in [0.25, 0.3) is 0 Å². The van der Waals surface area contributed by atoms with Crippen molar-refractivity contribution in [3.05, 3.63) is 30.1 Å². The van der Waals surface area contributed by atoms with Gasteiger partial charge in [0, 0.05) is 24.8 Å². The van der Waals surface area contributed by atoms with Crippen LogP contribution < -0.4 is 5.73 Å². The normalized spacial score (nSPS) is 24.7. The Morgan fingerprint density at radius 3 is 2.50 bits per heavy atom. The van der Waals surface area contributed by atoms with Crippen molar-refractivity contribution in [2.24, 2.45) is 11.7 Å². The Morgan fingerprint density at radius 2 is 2.00 bits per heavy atom. The molecule has 2 N–H and O–H groups in total. The molecule has 1 aromatic heterocycles. The summed E-state index contributed by atoms with van der Waals surface area (Å²) in [5.41, 5.74) is 6.09. The van der Waals surface area contributed by atoms with Crippen molar-refractivity contribution in [3.63, 3.8) is 0 Å². The highest BCUT2D eigenvalue weighted by Gasteiger charge is 2.41. The van der Waals surface area contributed by atoms with E-state index in [-0.39, 0.29) is 5.91 Å². The average Bonchev–Trinajstić information content (AvgIpc) is 2.53. The first-order chi connectivity index (χ1) is 11.4. The molecule has 0 bridgehead atoms. The average molecular weight is 332 g/mol. The second kappa shape index (κ2) is 8.11. The van der Waals surface area contributed by atoms with E-state index in [0.29, 0.717) is 18.0 Å². The van der Waals surface area contributed by atoms with Gasteiger partial charge in [0.1, 0.15) is 0 Å². The molecule has 0 spiro atoms. The van der Waals surface area contributed by atoms with E-state index in [2.05, 4.69) is 37.6 Å². The predicted octanol–water partition coefficient (Wildman–Crippen LogP) is 3.50. The number of rotatable bonds is 7. The van der Waals surface area contributed by atoms with Gasteiger partial charge in [-0.1, -0.05) is 26.3 Å². The second-order valence-corrected chi connectivity index (χ2v) is 7.88. The molecule has 0 aliphatic carbocycles. The van der Waals surface area contributed by atoms with Crippen molar-refractivity contribution in [3.8, 4) is 0 Å². The number of likely N-dealkylation sites (tertiary alicyclic amines) is 1. The van der Waals surface area contributed by atoms with Gasteiger partial charge < -0.3 is 5.73 Å². The van der Waals surface area contributed by atoms with Crippen LogP contribution in [0.15, 0.2) is 24.4 Å². The highest BCUT2D eigenvalue weighted by Crippen LogP contribution is 2.35. The van der Waals surface area contributed by atoms with Crippen molar-refractivity contribution in [2.75, 3.05) is 6.54 Å². The molecule has 1 aliphatic rings. The molecule has 1 saturated heterocycles. The zero-order valence-corrected chi connectivity index (χ0v) is 15.7. The van der Waals surface area contributed by atoms with Crippen LogP contribution in [0.5, 0.6) is 0 Å². The Labute approximate surface area is 146 Å². The summed E-state index contributed by atoms with van der Waals surface area (Å²) in [7, 11) is 0. The Bertz CT molecular complexity index is 521. The largest absolute Gasteiger partial charge is 0.369 e. The van der Waals surface area contributed by atoms with Gasteiger partial charge in [-0.3, -0.25) is 14.7 Å². The summed E-state index contributed by atoms with van der Waals surface area (Å²) in [5, 5.41) is 0. The van der Waals surface area contributed by atoms with E-state index in [9.17, 15) is 4.79 Å². The number of piperidine rings is 1. The molecule has 2 rings (SSSR count). The lowest BCUT2D eigenvalue weighted by Crippen LogP contribution is -2.49. The number of carbonyl (C=O) groups excluding carboxylic acids is 1. The molecule has 4 heteroatoms. The van der Waals surface area contributed by atoms with Crippen LogP contribution in [0.1, 0.15) is 65.5 Å². The molecule has 1 amide bonds. The van der Waals surface area contributed by atoms with Gasteiger partial charge >= 0.3 is 0 Å². The van der Waals surface area contributed by atoms with Gasteiger partial charge in [-0.2, -0.15) is 0 Å². The number of carbonyl (C=O) groups is 1. The van der Waals surface area contributed by atoms with Crippen LogP contribution in [0, 0.1) is 5.92 Å². The molecule has 24 heavy (non-hydrogen) atoms. The number of amides is 1. The third kappa shape index (κ3) is 4.15. The summed E-state index contributed by atoms with van der Waals surface area (Å²) in [4.78, 5) is 19.6. The van der Waals surface area contributed by atoms with Gasteiger partial charge in [0.15, 0.2) is 0 Å². The minimum atomic E-state index is -0.674. The van der Waals surface area contributed by atoms with E-state index in [0.717, 1.165) is 25.1 Å².